The third kappa shape index (κ3) is 2.93. The summed E-state index contributed by atoms with van der Waals surface area (Å²) < 4.78 is 10.6. The molecule has 4 nitrogen and oxygen atoms in total. The number of ether oxygens (including phenoxy) is 1. The quantitative estimate of drug-likeness (QED) is 0.772. The van der Waals surface area contributed by atoms with Gasteiger partial charge in [0.25, 0.3) is 0 Å². The fourth-order valence-corrected chi connectivity index (χ4v) is 1.96. The molecule has 2 heterocycles. The second kappa shape index (κ2) is 5.27. The Balaban J connectivity index is 1.82. The van der Waals surface area contributed by atoms with Gasteiger partial charge in [-0.05, 0) is 19.2 Å². The topological polar surface area (TPSA) is 42.7 Å². The van der Waals surface area contributed by atoms with Crippen molar-refractivity contribution in [1.82, 2.24) is 4.90 Å². The lowest BCUT2D eigenvalue weighted by atomic mass is 10.0. The highest BCUT2D eigenvalue weighted by molar-refractivity contribution is 5.82. The molecule has 0 amide bonds. The Kier molecular flexibility index (Phi) is 3.74. The molecule has 4 heteroatoms. The van der Waals surface area contributed by atoms with Crippen LogP contribution in [0.2, 0.25) is 0 Å². The average Bonchev–Trinajstić information content (AvgIpc) is 2.74. The van der Waals surface area contributed by atoms with Crippen molar-refractivity contribution in [3.8, 4) is 0 Å². The third-order valence-corrected chi connectivity index (χ3v) is 2.81. The molecule has 0 bridgehead atoms. The highest BCUT2D eigenvalue weighted by Gasteiger charge is 2.24. The number of carbonyl (C=O) groups is 1. The standard InChI is InChI=1S/C12H17NO3/c1-13(8-11-3-2-5-16-11)7-10-9-15-6-4-12(10)14/h2-3,5,10H,4,6-9H2,1H3. The summed E-state index contributed by atoms with van der Waals surface area (Å²) in [6.07, 6.45) is 2.22. The monoisotopic (exact) mass is 223 g/mol. The van der Waals surface area contributed by atoms with Crippen LogP contribution in [0.1, 0.15) is 12.2 Å². The predicted octanol–water partition coefficient (Wildman–Crippen LogP) is 1.32. The number of rotatable bonds is 4. The molecule has 1 unspecified atom stereocenters. The first kappa shape index (κ1) is 11.4. The van der Waals surface area contributed by atoms with Crippen LogP contribution in [-0.2, 0) is 16.1 Å². The molecular weight excluding hydrogens is 206 g/mol. The minimum absolute atomic E-state index is 0.0220. The number of hydrogen-bond donors (Lipinski definition) is 0. The first-order valence-electron chi connectivity index (χ1n) is 5.57. The summed E-state index contributed by atoms with van der Waals surface area (Å²) in [4.78, 5) is 13.7. The summed E-state index contributed by atoms with van der Waals surface area (Å²) in [6.45, 7) is 2.61. The first-order valence-corrected chi connectivity index (χ1v) is 5.57. The molecule has 0 N–H and O–H groups in total. The third-order valence-electron chi connectivity index (χ3n) is 2.81. The van der Waals surface area contributed by atoms with Crippen molar-refractivity contribution in [3.63, 3.8) is 0 Å². The van der Waals surface area contributed by atoms with Crippen molar-refractivity contribution in [3.05, 3.63) is 24.2 Å². The van der Waals surface area contributed by atoms with E-state index in [1.54, 1.807) is 6.26 Å². The Morgan fingerprint density at radius 3 is 3.12 bits per heavy atom. The second-order valence-electron chi connectivity index (χ2n) is 4.26. The lowest BCUT2D eigenvalue weighted by Crippen LogP contribution is -2.36. The van der Waals surface area contributed by atoms with Crippen LogP contribution in [0, 0.1) is 5.92 Å². The molecule has 2 rings (SSSR count). The van der Waals surface area contributed by atoms with Gasteiger partial charge in [-0.25, -0.2) is 0 Å². The summed E-state index contributed by atoms with van der Waals surface area (Å²) >= 11 is 0. The second-order valence-corrected chi connectivity index (χ2v) is 4.26. The van der Waals surface area contributed by atoms with Crippen LogP contribution in [-0.4, -0.2) is 37.5 Å². The van der Waals surface area contributed by atoms with Crippen molar-refractivity contribution in [2.24, 2.45) is 5.92 Å². The van der Waals surface area contributed by atoms with Gasteiger partial charge in [-0.2, -0.15) is 0 Å². The van der Waals surface area contributed by atoms with Crippen molar-refractivity contribution in [2.45, 2.75) is 13.0 Å². The molecule has 1 fully saturated rings. The molecule has 1 aliphatic heterocycles. The maximum absolute atomic E-state index is 11.6. The number of furan rings is 1. The van der Waals surface area contributed by atoms with E-state index in [0.717, 1.165) is 18.8 Å². The number of carbonyl (C=O) groups excluding carboxylic acids is 1. The van der Waals surface area contributed by atoms with Crippen molar-refractivity contribution < 1.29 is 13.9 Å². The molecular formula is C12H17NO3. The lowest BCUT2D eigenvalue weighted by Gasteiger charge is -2.25. The SMILES string of the molecule is CN(Cc1ccco1)CC1COCCC1=O. The van der Waals surface area contributed by atoms with Gasteiger partial charge < -0.3 is 9.15 Å². The van der Waals surface area contributed by atoms with E-state index in [4.69, 9.17) is 9.15 Å². The van der Waals surface area contributed by atoms with Gasteiger partial charge in [-0.1, -0.05) is 0 Å². The molecule has 0 aromatic carbocycles. The molecule has 0 saturated carbocycles. The summed E-state index contributed by atoms with van der Waals surface area (Å²) in [5.74, 6) is 1.26. The van der Waals surface area contributed by atoms with Crippen LogP contribution < -0.4 is 0 Å². The summed E-state index contributed by atoms with van der Waals surface area (Å²) in [7, 11) is 1.99. The van der Waals surface area contributed by atoms with Crippen molar-refractivity contribution in [2.75, 3.05) is 26.8 Å². The average molecular weight is 223 g/mol. The Labute approximate surface area is 95.2 Å². The zero-order chi connectivity index (χ0) is 11.4. The van der Waals surface area contributed by atoms with Gasteiger partial charge in [0, 0.05) is 13.0 Å². The van der Waals surface area contributed by atoms with Gasteiger partial charge in [0.1, 0.15) is 11.5 Å². The van der Waals surface area contributed by atoms with Crippen molar-refractivity contribution >= 4 is 5.78 Å². The molecule has 1 aliphatic rings. The van der Waals surface area contributed by atoms with Crippen LogP contribution >= 0.6 is 0 Å². The number of hydrogen-bond acceptors (Lipinski definition) is 4. The van der Waals surface area contributed by atoms with Gasteiger partial charge in [0.2, 0.25) is 0 Å². The van der Waals surface area contributed by atoms with E-state index < -0.39 is 0 Å². The molecule has 0 spiro atoms. The molecule has 16 heavy (non-hydrogen) atoms. The van der Waals surface area contributed by atoms with Gasteiger partial charge in [0.05, 0.1) is 31.9 Å². The number of ketones is 1. The Morgan fingerprint density at radius 1 is 1.56 bits per heavy atom. The molecule has 88 valence electrons. The maximum Gasteiger partial charge on any atom is 0.141 e. The van der Waals surface area contributed by atoms with E-state index >= 15 is 0 Å². The van der Waals surface area contributed by atoms with Crippen LogP contribution in [0.25, 0.3) is 0 Å². The predicted molar refractivity (Wildman–Crippen MR) is 59.0 cm³/mol. The highest BCUT2D eigenvalue weighted by Crippen LogP contribution is 2.12. The van der Waals surface area contributed by atoms with Crippen LogP contribution in [0.4, 0.5) is 0 Å². The molecule has 0 aliphatic carbocycles. The summed E-state index contributed by atoms with van der Waals surface area (Å²) in [5.41, 5.74) is 0. The summed E-state index contributed by atoms with van der Waals surface area (Å²) in [6, 6.07) is 3.81. The van der Waals surface area contributed by atoms with Gasteiger partial charge in [-0.3, -0.25) is 9.69 Å². The number of nitrogens with zero attached hydrogens (tertiary/aromatic N) is 1. The Morgan fingerprint density at radius 2 is 2.44 bits per heavy atom. The van der Waals surface area contributed by atoms with Gasteiger partial charge >= 0.3 is 0 Å². The van der Waals surface area contributed by atoms with E-state index in [-0.39, 0.29) is 5.92 Å². The smallest absolute Gasteiger partial charge is 0.141 e. The van der Waals surface area contributed by atoms with Crippen molar-refractivity contribution in [1.29, 1.82) is 0 Å². The van der Waals surface area contributed by atoms with Gasteiger partial charge in [-0.15, -0.1) is 0 Å². The Bertz CT molecular complexity index is 334. The van der Waals surface area contributed by atoms with E-state index in [0.29, 0.717) is 25.4 Å². The molecule has 1 aromatic rings. The summed E-state index contributed by atoms with van der Waals surface area (Å²) in [5, 5.41) is 0. The molecule has 1 aromatic heterocycles. The van der Waals surface area contributed by atoms with Crippen LogP contribution in [0.5, 0.6) is 0 Å². The maximum atomic E-state index is 11.6. The zero-order valence-electron chi connectivity index (χ0n) is 9.52. The van der Waals surface area contributed by atoms with E-state index in [2.05, 4.69) is 4.90 Å². The largest absolute Gasteiger partial charge is 0.468 e. The van der Waals surface area contributed by atoms with E-state index in [9.17, 15) is 4.79 Å². The molecule has 1 atom stereocenters. The number of Topliss-reactive ketones (excluding diaryl/α,β-unsaturated/α-hetero) is 1. The normalized spacial score (nSPS) is 21.6. The van der Waals surface area contributed by atoms with Crippen LogP contribution in [0.15, 0.2) is 22.8 Å². The zero-order valence-corrected chi connectivity index (χ0v) is 9.52. The minimum atomic E-state index is 0.0220. The molecule has 1 saturated heterocycles. The van der Waals surface area contributed by atoms with E-state index in [1.165, 1.54) is 0 Å². The Hall–Kier alpha value is -1.13. The fourth-order valence-electron chi connectivity index (χ4n) is 1.96. The lowest BCUT2D eigenvalue weighted by molar-refractivity contribution is -0.131. The van der Waals surface area contributed by atoms with E-state index in [1.807, 2.05) is 19.2 Å². The highest BCUT2D eigenvalue weighted by atomic mass is 16.5. The fraction of sp³-hybridized carbons (Fsp3) is 0.583. The first-order chi connectivity index (χ1) is 7.75. The minimum Gasteiger partial charge on any atom is -0.468 e. The van der Waals surface area contributed by atoms with Crippen LogP contribution in [0.3, 0.4) is 0 Å². The van der Waals surface area contributed by atoms with Gasteiger partial charge in [0.15, 0.2) is 0 Å². The molecule has 0 radical (unpaired) electrons.